The van der Waals surface area contributed by atoms with E-state index in [-0.39, 0.29) is 0 Å². The van der Waals surface area contributed by atoms with Gasteiger partial charge in [0.1, 0.15) is 0 Å². The molecule has 0 unspecified atom stereocenters. The SMILES string of the molecule is BrB=C1C=CC([B-](Br)(Br)[P+](C2CCCCC2)(C2CCCCC2)C2CCCCC2)=CC1. The second-order valence-corrected chi connectivity index (χ2v) is 20.9. The van der Waals surface area contributed by atoms with Gasteiger partial charge in [0.25, 0.3) is 0 Å². The van der Waals surface area contributed by atoms with Crippen LogP contribution in [0.15, 0.2) is 23.7 Å². The van der Waals surface area contributed by atoms with E-state index in [1.54, 1.807) is 5.47 Å². The van der Waals surface area contributed by atoms with Crippen LogP contribution in [0.2, 0.25) is 0 Å². The monoisotopic (exact) mass is 616 g/mol. The fourth-order valence-electron chi connectivity index (χ4n) is 7.45. The molecule has 0 radical (unpaired) electrons. The summed E-state index contributed by atoms with van der Waals surface area (Å²) in [4.78, 5) is 0. The Bertz CT molecular complexity index is 624. The average Bonchev–Trinajstić information content (AvgIpc) is 2.81. The molecule has 0 bridgehead atoms. The molecule has 3 saturated carbocycles. The molecule has 0 aliphatic heterocycles. The Morgan fingerprint density at radius 2 is 1.13 bits per heavy atom. The normalized spacial score (nSPS) is 27.2. The van der Waals surface area contributed by atoms with Gasteiger partial charge >= 0.3 is 213 Å². The first-order chi connectivity index (χ1) is 14.6. The van der Waals surface area contributed by atoms with Crippen LogP contribution in [-0.2, 0) is 0 Å². The van der Waals surface area contributed by atoms with Crippen molar-refractivity contribution in [2.75, 3.05) is 0 Å². The van der Waals surface area contributed by atoms with Gasteiger partial charge in [-0.2, -0.15) is 0 Å². The van der Waals surface area contributed by atoms with E-state index < -0.39 is 10.7 Å². The first-order valence-electron chi connectivity index (χ1n) is 12.7. The summed E-state index contributed by atoms with van der Waals surface area (Å²) >= 11 is 12.7. The van der Waals surface area contributed by atoms with E-state index in [4.69, 9.17) is 0 Å². The number of halogens is 3. The molecule has 0 nitrogen and oxygen atoms in total. The quantitative estimate of drug-likeness (QED) is 0.213. The Morgan fingerprint density at radius 1 is 0.700 bits per heavy atom. The standard InChI is InChI=1S/C24H38B2Br3P/c27-25-20-16-18-21(19-17-20)26(28,29)30(22-10-4-1-5-11-22,23-12-6-2-7-13-23)24-14-8-3-9-15-24/h16,18-19,22-24H,1-15,17H2. The van der Waals surface area contributed by atoms with E-state index in [2.05, 4.69) is 71.2 Å². The summed E-state index contributed by atoms with van der Waals surface area (Å²) in [6, 6.07) is 0. The second-order valence-electron chi connectivity index (χ2n) is 10.3. The summed E-state index contributed by atoms with van der Waals surface area (Å²) in [6.45, 7) is 0. The van der Waals surface area contributed by atoms with Crippen LogP contribution in [0.1, 0.15) is 103 Å². The molecule has 0 aromatic heterocycles. The van der Waals surface area contributed by atoms with Gasteiger partial charge in [-0.3, -0.25) is 0 Å². The Hall–Kier alpha value is 1.35. The van der Waals surface area contributed by atoms with Crippen molar-refractivity contribution >= 4 is 69.1 Å². The van der Waals surface area contributed by atoms with Crippen LogP contribution in [-0.4, -0.2) is 31.7 Å². The summed E-state index contributed by atoms with van der Waals surface area (Å²) in [5.41, 5.74) is 5.95. The Balaban J connectivity index is 1.81. The van der Waals surface area contributed by atoms with Crippen molar-refractivity contribution in [3.05, 3.63) is 23.7 Å². The van der Waals surface area contributed by atoms with Crippen molar-refractivity contribution in [2.45, 2.75) is 120 Å². The van der Waals surface area contributed by atoms with E-state index >= 15 is 0 Å². The van der Waals surface area contributed by atoms with Gasteiger partial charge in [-0.05, 0) is 0 Å². The van der Waals surface area contributed by atoms with Crippen molar-refractivity contribution in [3.63, 3.8) is 0 Å². The summed E-state index contributed by atoms with van der Waals surface area (Å²) in [5, 5.41) is 0. The number of hydrogen-bond donors (Lipinski definition) is 0. The molecular weight excluding hydrogens is 581 g/mol. The van der Waals surface area contributed by atoms with Crippen molar-refractivity contribution < 1.29 is 0 Å². The van der Waals surface area contributed by atoms with Gasteiger partial charge in [0, 0.05) is 0 Å². The number of rotatable bonds is 5. The zero-order chi connectivity index (χ0) is 21.0. The first kappa shape index (κ1) is 24.5. The van der Waals surface area contributed by atoms with Gasteiger partial charge in [-0.1, -0.05) is 0 Å². The molecule has 4 aliphatic rings. The zero-order valence-corrected chi connectivity index (χ0v) is 24.2. The molecule has 3 fully saturated rings. The third kappa shape index (κ3) is 4.77. The maximum absolute atomic E-state index is 4.59. The molecule has 0 N–H and O–H groups in total. The fraction of sp³-hybridized carbons (Fsp3) is 0.792. The van der Waals surface area contributed by atoms with Crippen molar-refractivity contribution in [2.24, 2.45) is 0 Å². The van der Waals surface area contributed by atoms with Gasteiger partial charge in [0.05, 0.1) is 0 Å². The Labute approximate surface area is 211 Å². The van der Waals surface area contributed by atoms with Crippen LogP contribution in [0, 0.1) is 0 Å². The molecule has 0 aromatic carbocycles. The Kier molecular flexibility index (Phi) is 9.12. The van der Waals surface area contributed by atoms with E-state index in [0.717, 1.165) is 23.4 Å². The van der Waals surface area contributed by atoms with E-state index in [0.29, 0.717) is 0 Å². The molecule has 166 valence electrons. The van der Waals surface area contributed by atoms with Gasteiger partial charge < -0.3 is 0 Å². The number of allylic oxidation sites excluding steroid dienone is 4. The second kappa shape index (κ2) is 11.2. The molecule has 4 aliphatic carbocycles. The fourth-order valence-corrected chi connectivity index (χ4v) is 22.3. The maximum atomic E-state index is 4.59. The van der Waals surface area contributed by atoms with Gasteiger partial charge in [-0.25, -0.2) is 0 Å². The van der Waals surface area contributed by atoms with Gasteiger partial charge in [0.2, 0.25) is 0 Å². The zero-order valence-electron chi connectivity index (χ0n) is 18.5. The van der Waals surface area contributed by atoms with E-state index in [1.807, 2.05) is 0 Å². The minimum atomic E-state index is -1.28. The topological polar surface area (TPSA) is 0 Å². The minimum absolute atomic E-state index is 0.859. The van der Waals surface area contributed by atoms with Gasteiger partial charge in [0.15, 0.2) is 0 Å². The molecule has 0 aromatic rings. The number of hydrogen-bond acceptors (Lipinski definition) is 0. The van der Waals surface area contributed by atoms with Crippen LogP contribution in [0.25, 0.3) is 0 Å². The third-order valence-electron chi connectivity index (χ3n) is 8.79. The molecule has 0 saturated heterocycles. The molecule has 6 heteroatoms. The molecule has 0 heterocycles. The molecular formula is C24H38B2Br3P. The van der Waals surface area contributed by atoms with E-state index in [1.165, 1.54) is 102 Å². The van der Waals surface area contributed by atoms with Crippen LogP contribution in [0.3, 0.4) is 0 Å². The van der Waals surface area contributed by atoms with Gasteiger partial charge in [-0.15, -0.1) is 0 Å². The van der Waals surface area contributed by atoms with Crippen molar-refractivity contribution in [1.82, 2.24) is 0 Å². The summed E-state index contributed by atoms with van der Waals surface area (Å²) in [7, 11) is -1.28. The Morgan fingerprint density at radius 3 is 1.47 bits per heavy atom. The van der Waals surface area contributed by atoms with Crippen LogP contribution >= 0.6 is 54.4 Å². The molecule has 30 heavy (non-hydrogen) atoms. The average molecular weight is 619 g/mol. The van der Waals surface area contributed by atoms with Crippen molar-refractivity contribution in [1.29, 1.82) is 0 Å². The molecule has 0 amide bonds. The molecule has 0 spiro atoms. The van der Waals surface area contributed by atoms with Crippen molar-refractivity contribution in [3.8, 4) is 0 Å². The van der Waals surface area contributed by atoms with Crippen LogP contribution < -0.4 is 0 Å². The third-order valence-corrected chi connectivity index (χ3v) is 21.5. The predicted octanol–water partition coefficient (Wildman–Crippen LogP) is 9.34. The summed E-state index contributed by atoms with van der Waals surface area (Å²) in [6.07, 6.45) is 30.7. The summed E-state index contributed by atoms with van der Waals surface area (Å²) < 4.78 is -0.859. The predicted molar refractivity (Wildman–Crippen MR) is 153 cm³/mol. The summed E-state index contributed by atoms with van der Waals surface area (Å²) in [5.74, 6) is 2.10. The van der Waals surface area contributed by atoms with Crippen LogP contribution in [0.5, 0.6) is 0 Å². The first-order valence-corrected chi connectivity index (χ1v) is 17.5. The molecule has 0 atom stereocenters. The van der Waals surface area contributed by atoms with Crippen LogP contribution in [0.4, 0.5) is 0 Å². The van der Waals surface area contributed by atoms with E-state index in [9.17, 15) is 0 Å². The molecule has 4 rings (SSSR count).